The average molecular weight is 324 g/mol. The molecule has 112 valence electrons. The van der Waals surface area contributed by atoms with E-state index in [0.29, 0.717) is 17.1 Å². The molecule has 2 aromatic heterocycles. The Morgan fingerprint density at radius 2 is 2.10 bits per heavy atom. The van der Waals surface area contributed by atoms with Gasteiger partial charge in [-0.1, -0.05) is 0 Å². The number of rotatable bonds is 4. The van der Waals surface area contributed by atoms with E-state index in [2.05, 4.69) is 5.32 Å². The molecule has 2 N–H and O–H groups in total. The van der Waals surface area contributed by atoms with Crippen molar-refractivity contribution in [1.82, 2.24) is 4.90 Å². The molecule has 21 heavy (non-hydrogen) atoms. The number of urea groups is 1. The van der Waals surface area contributed by atoms with E-state index in [4.69, 9.17) is 0 Å². The van der Waals surface area contributed by atoms with E-state index in [1.165, 1.54) is 16.2 Å². The Morgan fingerprint density at radius 1 is 1.38 bits per heavy atom. The summed E-state index contributed by atoms with van der Waals surface area (Å²) in [5.74, 6) is -1.02. The van der Waals surface area contributed by atoms with Gasteiger partial charge < -0.3 is 10.0 Å². The van der Waals surface area contributed by atoms with E-state index in [1.807, 2.05) is 23.8 Å². The molecule has 0 bridgehead atoms. The van der Waals surface area contributed by atoms with Crippen LogP contribution in [0.5, 0.6) is 0 Å². The molecule has 0 saturated heterocycles. The highest BCUT2D eigenvalue weighted by Crippen LogP contribution is 2.32. The number of carbonyl (C=O) groups is 2. The van der Waals surface area contributed by atoms with Crippen LogP contribution >= 0.6 is 22.7 Å². The van der Waals surface area contributed by atoms with Gasteiger partial charge in [-0.15, -0.1) is 11.3 Å². The number of aryl methyl sites for hydroxylation is 1. The van der Waals surface area contributed by atoms with E-state index >= 15 is 0 Å². The van der Waals surface area contributed by atoms with Crippen LogP contribution in [-0.2, 0) is 6.54 Å². The summed E-state index contributed by atoms with van der Waals surface area (Å²) < 4.78 is 0. The maximum atomic E-state index is 12.2. The van der Waals surface area contributed by atoms with E-state index < -0.39 is 5.97 Å². The van der Waals surface area contributed by atoms with E-state index in [-0.39, 0.29) is 11.6 Å². The molecule has 2 rings (SSSR count). The number of carbonyl (C=O) groups excluding carboxylic acids is 1. The summed E-state index contributed by atoms with van der Waals surface area (Å²) in [6.07, 6.45) is 0. The Labute approximate surface area is 130 Å². The van der Waals surface area contributed by atoms with Gasteiger partial charge in [0.25, 0.3) is 0 Å². The summed E-state index contributed by atoms with van der Waals surface area (Å²) in [6, 6.07) is 1.64. The first-order chi connectivity index (χ1) is 9.90. The average Bonchev–Trinajstić information content (AvgIpc) is 2.99. The van der Waals surface area contributed by atoms with Crippen molar-refractivity contribution in [3.8, 4) is 0 Å². The number of hydrogen-bond donors (Lipinski definition) is 2. The summed E-state index contributed by atoms with van der Waals surface area (Å²) in [4.78, 5) is 25.9. The van der Waals surface area contributed by atoms with Gasteiger partial charge in [-0.3, -0.25) is 5.32 Å². The largest absolute Gasteiger partial charge is 0.478 e. The van der Waals surface area contributed by atoms with Crippen LogP contribution in [0.15, 0.2) is 16.8 Å². The Balaban J connectivity index is 2.12. The van der Waals surface area contributed by atoms with E-state index in [1.54, 1.807) is 25.3 Å². The molecule has 0 aliphatic carbocycles. The van der Waals surface area contributed by atoms with Gasteiger partial charge >= 0.3 is 12.0 Å². The summed E-state index contributed by atoms with van der Waals surface area (Å²) in [5, 5.41) is 16.3. The first-order valence-corrected chi connectivity index (χ1v) is 8.02. The monoisotopic (exact) mass is 324 g/mol. The van der Waals surface area contributed by atoms with Crippen molar-refractivity contribution in [3.05, 3.63) is 38.4 Å². The summed E-state index contributed by atoms with van der Waals surface area (Å²) in [7, 11) is 1.68. The van der Waals surface area contributed by atoms with Gasteiger partial charge in [0, 0.05) is 18.5 Å². The van der Waals surface area contributed by atoms with E-state index in [0.717, 1.165) is 10.4 Å². The van der Waals surface area contributed by atoms with Crippen LogP contribution in [0.2, 0.25) is 0 Å². The van der Waals surface area contributed by atoms with Gasteiger partial charge in [-0.2, -0.15) is 11.3 Å². The van der Waals surface area contributed by atoms with Gasteiger partial charge in [0.15, 0.2) is 0 Å². The van der Waals surface area contributed by atoms with Crippen LogP contribution in [0.3, 0.4) is 0 Å². The summed E-state index contributed by atoms with van der Waals surface area (Å²) in [5.41, 5.74) is 1.92. The minimum Gasteiger partial charge on any atom is -0.478 e. The molecule has 0 unspecified atom stereocenters. The van der Waals surface area contributed by atoms with Gasteiger partial charge in [0.1, 0.15) is 5.00 Å². The van der Waals surface area contributed by atoms with E-state index in [9.17, 15) is 14.7 Å². The molecule has 0 atom stereocenters. The highest BCUT2D eigenvalue weighted by atomic mass is 32.1. The fourth-order valence-corrected chi connectivity index (χ4v) is 3.60. The standard InChI is InChI=1S/C14H16N2O3S2/c1-8-9(2)21-12(11(8)13(17)18)15-14(19)16(3)6-10-4-5-20-7-10/h4-5,7H,6H2,1-3H3,(H,15,19)(H,17,18). The number of carboxylic acids is 1. The predicted octanol–water partition coefficient (Wildman–Crippen LogP) is 3.79. The molecule has 5 nitrogen and oxygen atoms in total. The second-order valence-corrected chi connectivity index (χ2v) is 6.72. The lowest BCUT2D eigenvalue weighted by atomic mass is 10.1. The molecule has 0 fully saturated rings. The van der Waals surface area contributed by atoms with Gasteiger partial charge in [-0.25, -0.2) is 9.59 Å². The highest BCUT2D eigenvalue weighted by molar-refractivity contribution is 7.16. The predicted molar refractivity (Wildman–Crippen MR) is 85.6 cm³/mol. The fraction of sp³-hybridized carbons (Fsp3) is 0.286. The van der Waals surface area contributed by atoms with Crippen LogP contribution < -0.4 is 5.32 Å². The molecule has 0 aliphatic heterocycles. The first-order valence-electron chi connectivity index (χ1n) is 6.26. The van der Waals surface area contributed by atoms with Crippen molar-refractivity contribution >= 4 is 39.7 Å². The third-order valence-electron chi connectivity index (χ3n) is 3.17. The zero-order valence-corrected chi connectivity index (χ0v) is 13.6. The van der Waals surface area contributed by atoms with Crippen molar-refractivity contribution in [2.75, 3.05) is 12.4 Å². The Bertz CT molecular complexity index is 662. The number of amides is 2. The van der Waals surface area contributed by atoms with Gasteiger partial charge in [-0.05, 0) is 41.8 Å². The maximum absolute atomic E-state index is 12.2. The molecule has 0 aromatic carbocycles. The number of nitrogens with one attached hydrogen (secondary N) is 1. The molecule has 2 amide bonds. The van der Waals surface area contributed by atoms with Crippen molar-refractivity contribution in [1.29, 1.82) is 0 Å². The summed E-state index contributed by atoms with van der Waals surface area (Å²) in [6.45, 7) is 4.08. The molecule has 7 heteroatoms. The number of anilines is 1. The third-order valence-corrected chi connectivity index (χ3v) is 5.02. The van der Waals surface area contributed by atoms with Crippen molar-refractivity contribution < 1.29 is 14.7 Å². The SMILES string of the molecule is Cc1sc(NC(=O)N(C)Cc2ccsc2)c(C(=O)O)c1C. The molecule has 2 aromatic rings. The highest BCUT2D eigenvalue weighted by Gasteiger charge is 2.21. The van der Waals surface area contributed by atoms with Crippen molar-refractivity contribution in [2.24, 2.45) is 0 Å². The lowest BCUT2D eigenvalue weighted by molar-refractivity contribution is 0.0697. The van der Waals surface area contributed by atoms with Crippen LogP contribution in [0.25, 0.3) is 0 Å². The zero-order chi connectivity index (χ0) is 15.6. The molecule has 2 heterocycles. The lowest BCUT2D eigenvalue weighted by Gasteiger charge is -2.17. The number of carboxylic acid groups (broad SMARTS) is 1. The van der Waals surface area contributed by atoms with Gasteiger partial charge in [0.05, 0.1) is 5.56 Å². The zero-order valence-electron chi connectivity index (χ0n) is 12.0. The molecular weight excluding hydrogens is 308 g/mol. The quantitative estimate of drug-likeness (QED) is 0.899. The molecular formula is C14H16N2O3S2. The molecule has 0 aliphatic rings. The topological polar surface area (TPSA) is 69.6 Å². The fourth-order valence-electron chi connectivity index (χ4n) is 1.89. The minimum atomic E-state index is -1.02. The lowest BCUT2D eigenvalue weighted by Crippen LogP contribution is -2.30. The molecule has 0 radical (unpaired) electrons. The number of hydrogen-bond acceptors (Lipinski definition) is 4. The normalized spacial score (nSPS) is 10.4. The first kappa shape index (κ1) is 15.5. The third kappa shape index (κ3) is 3.43. The van der Waals surface area contributed by atoms with Crippen LogP contribution in [-0.4, -0.2) is 29.1 Å². The van der Waals surface area contributed by atoms with Crippen molar-refractivity contribution in [2.45, 2.75) is 20.4 Å². The number of nitrogens with zero attached hydrogens (tertiary/aromatic N) is 1. The van der Waals surface area contributed by atoms with Crippen LogP contribution in [0, 0.1) is 13.8 Å². The minimum absolute atomic E-state index is 0.176. The van der Waals surface area contributed by atoms with Crippen molar-refractivity contribution in [3.63, 3.8) is 0 Å². The molecule has 0 saturated carbocycles. The smallest absolute Gasteiger partial charge is 0.338 e. The Morgan fingerprint density at radius 3 is 2.67 bits per heavy atom. The Kier molecular flexibility index (Phi) is 4.64. The number of thiophene rings is 2. The second-order valence-electron chi connectivity index (χ2n) is 4.71. The maximum Gasteiger partial charge on any atom is 0.338 e. The second kappa shape index (κ2) is 6.28. The molecule has 0 spiro atoms. The Hall–Kier alpha value is -1.86. The summed E-state index contributed by atoms with van der Waals surface area (Å²) >= 11 is 2.86. The van der Waals surface area contributed by atoms with Gasteiger partial charge in [0.2, 0.25) is 0 Å². The van der Waals surface area contributed by atoms with Crippen LogP contribution in [0.4, 0.5) is 9.80 Å². The number of aromatic carboxylic acids is 1. The van der Waals surface area contributed by atoms with Crippen LogP contribution in [0.1, 0.15) is 26.4 Å².